The molecule has 0 spiro atoms. The maximum atomic E-state index is 13.2. The van der Waals surface area contributed by atoms with Crippen LogP contribution in [0, 0.1) is 5.82 Å². The zero-order chi connectivity index (χ0) is 15.2. The lowest BCUT2D eigenvalue weighted by atomic mass is 10.2. The molecular weight excluding hydrogens is 295 g/mol. The molecule has 6 heteroatoms. The number of amides is 1. The van der Waals surface area contributed by atoms with Crippen molar-refractivity contribution in [2.45, 2.75) is 0 Å². The molecule has 0 aromatic heterocycles. The van der Waals surface area contributed by atoms with E-state index in [4.69, 9.17) is 22.1 Å². The van der Waals surface area contributed by atoms with Crippen LogP contribution in [0.25, 0.3) is 0 Å². The fourth-order valence-electron chi connectivity index (χ4n) is 1.67. The summed E-state index contributed by atoms with van der Waals surface area (Å²) in [6, 6.07) is 11.0. The fraction of sp³-hybridized carbons (Fsp3) is 0.133. The Labute approximate surface area is 126 Å². The number of ether oxygens (including phenoxy) is 1. The average Bonchev–Trinajstić information content (AvgIpc) is 2.48. The number of nitrogens with one attached hydrogen (secondary N) is 1. The van der Waals surface area contributed by atoms with Gasteiger partial charge in [0.2, 0.25) is 0 Å². The van der Waals surface area contributed by atoms with Crippen molar-refractivity contribution in [3.05, 3.63) is 58.9 Å². The summed E-state index contributed by atoms with van der Waals surface area (Å²) in [5.41, 5.74) is 6.31. The number of hydrogen-bond donors (Lipinski definition) is 2. The molecule has 2 aromatic rings. The summed E-state index contributed by atoms with van der Waals surface area (Å²) in [6.45, 7) is 0.554. The Bertz CT molecular complexity index is 632. The molecule has 21 heavy (non-hydrogen) atoms. The van der Waals surface area contributed by atoms with Gasteiger partial charge in [0.15, 0.2) is 0 Å². The number of carbonyl (C=O) groups excluding carboxylic acids is 1. The van der Waals surface area contributed by atoms with Gasteiger partial charge in [-0.1, -0.05) is 17.7 Å². The lowest BCUT2D eigenvalue weighted by Crippen LogP contribution is -2.28. The third-order valence-corrected chi connectivity index (χ3v) is 3.12. The first-order valence-corrected chi connectivity index (χ1v) is 6.66. The summed E-state index contributed by atoms with van der Waals surface area (Å²) in [5, 5.41) is 2.42. The summed E-state index contributed by atoms with van der Waals surface area (Å²) in [5.74, 6) is -0.412. The van der Waals surface area contributed by atoms with Gasteiger partial charge < -0.3 is 15.8 Å². The van der Waals surface area contributed by atoms with Crippen molar-refractivity contribution in [1.29, 1.82) is 0 Å². The number of rotatable bonds is 5. The van der Waals surface area contributed by atoms with Crippen LogP contribution in [-0.4, -0.2) is 19.1 Å². The minimum absolute atomic E-state index is 0.101. The van der Waals surface area contributed by atoms with Gasteiger partial charge in [-0.3, -0.25) is 4.79 Å². The number of benzene rings is 2. The number of halogens is 2. The van der Waals surface area contributed by atoms with Gasteiger partial charge in [-0.2, -0.15) is 0 Å². The lowest BCUT2D eigenvalue weighted by molar-refractivity contribution is 0.0946. The molecule has 3 N–H and O–H groups in total. The predicted octanol–water partition coefficient (Wildman–Crippen LogP) is 2.87. The highest BCUT2D eigenvalue weighted by molar-refractivity contribution is 6.34. The quantitative estimate of drug-likeness (QED) is 0.659. The molecule has 1 amide bonds. The topological polar surface area (TPSA) is 64.3 Å². The molecule has 2 rings (SSSR count). The monoisotopic (exact) mass is 308 g/mol. The lowest BCUT2D eigenvalue weighted by Gasteiger charge is -2.09. The van der Waals surface area contributed by atoms with E-state index < -0.39 is 11.7 Å². The van der Waals surface area contributed by atoms with Gasteiger partial charge in [0, 0.05) is 5.69 Å². The normalized spacial score (nSPS) is 10.2. The van der Waals surface area contributed by atoms with Gasteiger partial charge in [-0.15, -0.1) is 0 Å². The second-order valence-corrected chi connectivity index (χ2v) is 4.65. The Morgan fingerprint density at radius 3 is 2.67 bits per heavy atom. The van der Waals surface area contributed by atoms with Gasteiger partial charge in [-0.05, 0) is 36.4 Å². The highest BCUT2D eigenvalue weighted by Gasteiger charge is 2.12. The Morgan fingerprint density at radius 2 is 1.95 bits per heavy atom. The summed E-state index contributed by atoms with van der Waals surface area (Å²) < 4.78 is 18.7. The smallest absolute Gasteiger partial charge is 0.253 e. The zero-order valence-corrected chi connectivity index (χ0v) is 11.9. The number of anilines is 1. The third-order valence-electron chi connectivity index (χ3n) is 2.73. The number of hydrogen-bond acceptors (Lipinski definition) is 3. The molecule has 0 saturated carbocycles. The first-order chi connectivity index (χ1) is 10.1. The van der Waals surface area contributed by atoms with Gasteiger partial charge in [0.1, 0.15) is 18.2 Å². The van der Waals surface area contributed by atoms with Crippen LogP contribution in [0.1, 0.15) is 10.4 Å². The van der Waals surface area contributed by atoms with E-state index in [1.807, 2.05) is 0 Å². The summed E-state index contributed by atoms with van der Waals surface area (Å²) >= 11 is 5.73. The summed E-state index contributed by atoms with van der Waals surface area (Å²) in [4.78, 5) is 11.8. The van der Waals surface area contributed by atoms with E-state index >= 15 is 0 Å². The molecule has 0 unspecified atom stereocenters. The van der Waals surface area contributed by atoms with Gasteiger partial charge in [0.25, 0.3) is 5.91 Å². The van der Waals surface area contributed by atoms with Crippen molar-refractivity contribution in [3.8, 4) is 5.75 Å². The molecule has 110 valence electrons. The van der Waals surface area contributed by atoms with Crippen molar-refractivity contribution in [2.24, 2.45) is 0 Å². The highest BCUT2D eigenvalue weighted by Crippen LogP contribution is 2.19. The minimum Gasteiger partial charge on any atom is -0.492 e. The second-order valence-electron chi connectivity index (χ2n) is 4.27. The molecule has 4 nitrogen and oxygen atoms in total. The molecule has 0 aliphatic carbocycles. The molecule has 2 aromatic carbocycles. The number of carbonyl (C=O) groups is 1. The Balaban J connectivity index is 1.82. The van der Waals surface area contributed by atoms with Crippen LogP contribution in [0.2, 0.25) is 5.02 Å². The second kappa shape index (κ2) is 6.95. The van der Waals surface area contributed by atoms with Crippen LogP contribution in [0.15, 0.2) is 42.5 Å². The average molecular weight is 309 g/mol. The molecule has 0 aliphatic rings. The minimum atomic E-state index is -0.623. The summed E-state index contributed by atoms with van der Waals surface area (Å²) in [6.07, 6.45) is 0. The standard InChI is InChI=1S/C15H14ClFN2O2/c16-14-12(2-1-3-13(14)17)15(20)19-8-9-21-11-6-4-10(18)5-7-11/h1-7H,8-9,18H2,(H,19,20). The first-order valence-electron chi connectivity index (χ1n) is 6.28. The van der Waals surface area contributed by atoms with Gasteiger partial charge in [-0.25, -0.2) is 4.39 Å². The predicted molar refractivity (Wildman–Crippen MR) is 80.1 cm³/mol. The number of nitrogen functional groups attached to an aromatic ring is 1. The van der Waals surface area contributed by atoms with Crippen LogP contribution in [0.5, 0.6) is 5.75 Å². The van der Waals surface area contributed by atoms with E-state index in [0.29, 0.717) is 11.4 Å². The van der Waals surface area contributed by atoms with Crippen LogP contribution in [-0.2, 0) is 0 Å². The Hall–Kier alpha value is -2.27. The first kappa shape index (κ1) is 15.1. The maximum Gasteiger partial charge on any atom is 0.253 e. The Kier molecular flexibility index (Phi) is 5.00. The van der Waals surface area contributed by atoms with Crippen molar-refractivity contribution >= 4 is 23.2 Å². The van der Waals surface area contributed by atoms with Crippen molar-refractivity contribution < 1.29 is 13.9 Å². The molecule has 0 bridgehead atoms. The van der Waals surface area contributed by atoms with Crippen LogP contribution >= 0.6 is 11.6 Å². The van der Waals surface area contributed by atoms with Crippen molar-refractivity contribution in [1.82, 2.24) is 5.32 Å². The molecular formula is C15H14ClFN2O2. The molecule has 0 aliphatic heterocycles. The molecule has 0 saturated heterocycles. The van der Waals surface area contributed by atoms with Crippen LogP contribution < -0.4 is 15.8 Å². The van der Waals surface area contributed by atoms with E-state index in [-0.39, 0.29) is 23.7 Å². The van der Waals surface area contributed by atoms with E-state index in [2.05, 4.69) is 5.32 Å². The Morgan fingerprint density at radius 1 is 1.24 bits per heavy atom. The molecule has 0 radical (unpaired) electrons. The number of nitrogens with two attached hydrogens (primary N) is 1. The van der Waals surface area contributed by atoms with Crippen LogP contribution in [0.3, 0.4) is 0 Å². The van der Waals surface area contributed by atoms with Crippen molar-refractivity contribution in [2.75, 3.05) is 18.9 Å². The maximum absolute atomic E-state index is 13.2. The summed E-state index contributed by atoms with van der Waals surface area (Å²) in [7, 11) is 0. The molecule has 0 atom stereocenters. The van der Waals surface area contributed by atoms with E-state index in [0.717, 1.165) is 0 Å². The zero-order valence-electron chi connectivity index (χ0n) is 11.1. The largest absolute Gasteiger partial charge is 0.492 e. The fourth-order valence-corrected chi connectivity index (χ4v) is 1.88. The van der Waals surface area contributed by atoms with E-state index in [1.165, 1.54) is 18.2 Å². The van der Waals surface area contributed by atoms with E-state index in [9.17, 15) is 9.18 Å². The van der Waals surface area contributed by atoms with Crippen LogP contribution in [0.4, 0.5) is 10.1 Å². The van der Waals surface area contributed by atoms with Gasteiger partial charge in [0.05, 0.1) is 17.1 Å². The SMILES string of the molecule is Nc1ccc(OCCNC(=O)c2cccc(F)c2Cl)cc1. The highest BCUT2D eigenvalue weighted by atomic mass is 35.5. The molecule has 0 fully saturated rings. The molecule has 0 heterocycles. The van der Waals surface area contributed by atoms with Crippen molar-refractivity contribution in [3.63, 3.8) is 0 Å². The van der Waals surface area contributed by atoms with Gasteiger partial charge >= 0.3 is 0 Å². The van der Waals surface area contributed by atoms with E-state index in [1.54, 1.807) is 24.3 Å². The third kappa shape index (κ3) is 4.10.